The normalized spacial score (nSPS) is 10.7. The molecular formula is C13H15BrN2O2. The molecule has 1 heterocycles. The number of benzene rings is 1. The first-order valence-corrected chi connectivity index (χ1v) is 6.42. The number of imidazole rings is 1. The number of halogens is 1. The van der Waals surface area contributed by atoms with Crippen LogP contribution in [0, 0.1) is 0 Å². The van der Waals surface area contributed by atoms with Crippen molar-refractivity contribution in [3.8, 4) is 17.0 Å². The van der Waals surface area contributed by atoms with Gasteiger partial charge in [0.05, 0.1) is 25.6 Å². The number of hydrogen-bond donors (Lipinski definition) is 1. The zero-order valence-corrected chi connectivity index (χ0v) is 11.9. The van der Waals surface area contributed by atoms with E-state index in [-0.39, 0.29) is 6.61 Å². The van der Waals surface area contributed by atoms with Crippen molar-refractivity contribution >= 4 is 15.9 Å². The van der Waals surface area contributed by atoms with Crippen LogP contribution in [0.4, 0.5) is 0 Å². The molecule has 1 aromatic heterocycles. The van der Waals surface area contributed by atoms with Gasteiger partial charge in [0.1, 0.15) is 11.6 Å². The highest BCUT2D eigenvalue weighted by Crippen LogP contribution is 2.32. The molecule has 0 atom stereocenters. The molecule has 0 amide bonds. The minimum Gasteiger partial charge on any atom is -0.496 e. The van der Waals surface area contributed by atoms with E-state index in [9.17, 15) is 0 Å². The highest BCUT2D eigenvalue weighted by molar-refractivity contribution is 9.10. The summed E-state index contributed by atoms with van der Waals surface area (Å²) in [4.78, 5) is 4.32. The molecule has 0 aliphatic heterocycles. The maximum absolute atomic E-state index is 8.98. The predicted octanol–water partition coefficient (Wildman–Crippen LogP) is 2.39. The highest BCUT2D eigenvalue weighted by atomic mass is 79.9. The van der Waals surface area contributed by atoms with Crippen LogP contribution in [0.2, 0.25) is 0 Å². The van der Waals surface area contributed by atoms with Crippen LogP contribution in [0.5, 0.6) is 5.75 Å². The maximum Gasteiger partial charge on any atom is 0.128 e. The van der Waals surface area contributed by atoms with Crippen LogP contribution in [0.15, 0.2) is 28.9 Å². The summed E-state index contributed by atoms with van der Waals surface area (Å²) in [6, 6.07) is 5.85. The number of ether oxygens (including phenoxy) is 1. The number of aliphatic hydroxyl groups is 1. The van der Waals surface area contributed by atoms with E-state index in [0.29, 0.717) is 6.42 Å². The molecular weight excluding hydrogens is 296 g/mol. The first kappa shape index (κ1) is 13.1. The standard InChI is InChI=1S/C13H15BrN2O2/c1-16-11(8-15-13(16)5-6-17)10-7-9(14)3-4-12(10)18-2/h3-4,7-8,17H,5-6H2,1-2H3. The Hall–Kier alpha value is -1.33. The van der Waals surface area contributed by atoms with Crippen LogP contribution in [0.3, 0.4) is 0 Å². The number of nitrogens with zero attached hydrogens (tertiary/aromatic N) is 2. The fourth-order valence-electron chi connectivity index (χ4n) is 1.91. The van der Waals surface area contributed by atoms with Crippen LogP contribution >= 0.6 is 15.9 Å². The molecule has 0 saturated heterocycles. The third kappa shape index (κ3) is 2.42. The molecule has 96 valence electrons. The molecule has 0 saturated carbocycles. The molecule has 0 fully saturated rings. The summed E-state index contributed by atoms with van der Waals surface area (Å²) in [6.07, 6.45) is 2.35. The van der Waals surface area contributed by atoms with Gasteiger partial charge in [-0.25, -0.2) is 4.98 Å². The van der Waals surface area contributed by atoms with Crippen LogP contribution in [-0.2, 0) is 13.5 Å². The lowest BCUT2D eigenvalue weighted by Crippen LogP contribution is -2.02. The van der Waals surface area contributed by atoms with E-state index in [0.717, 1.165) is 27.3 Å². The van der Waals surface area contributed by atoms with Gasteiger partial charge < -0.3 is 14.4 Å². The zero-order chi connectivity index (χ0) is 13.1. The second-order valence-electron chi connectivity index (χ2n) is 3.94. The summed E-state index contributed by atoms with van der Waals surface area (Å²) in [7, 11) is 3.59. The number of methoxy groups -OCH3 is 1. The summed E-state index contributed by atoms with van der Waals surface area (Å²) < 4.78 is 8.33. The minimum atomic E-state index is 0.0971. The van der Waals surface area contributed by atoms with Gasteiger partial charge in [0.2, 0.25) is 0 Å². The predicted molar refractivity (Wildman–Crippen MR) is 73.7 cm³/mol. The number of rotatable bonds is 4. The van der Waals surface area contributed by atoms with E-state index in [4.69, 9.17) is 9.84 Å². The van der Waals surface area contributed by atoms with Crippen LogP contribution in [0.1, 0.15) is 5.82 Å². The fraction of sp³-hybridized carbons (Fsp3) is 0.308. The van der Waals surface area contributed by atoms with E-state index < -0.39 is 0 Å². The second kappa shape index (κ2) is 5.54. The molecule has 1 N–H and O–H groups in total. The van der Waals surface area contributed by atoms with Crippen molar-refractivity contribution < 1.29 is 9.84 Å². The van der Waals surface area contributed by atoms with Crippen molar-refractivity contribution in [1.29, 1.82) is 0 Å². The molecule has 5 heteroatoms. The third-order valence-electron chi connectivity index (χ3n) is 2.86. The molecule has 2 rings (SSSR count). The lowest BCUT2D eigenvalue weighted by molar-refractivity contribution is 0.295. The molecule has 0 unspecified atom stereocenters. The first-order valence-electron chi connectivity index (χ1n) is 5.62. The van der Waals surface area contributed by atoms with Gasteiger partial charge in [0.15, 0.2) is 0 Å². The lowest BCUT2D eigenvalue weighted by Gasteiger charge is -2.10. The van der Waals surface area contributed by atoms with Crippen molar-refractivity contribution in [2.45, 2.75) is 6.42 Å². The molecule has 0 aliphatic carbocycles. The molecule has 18 heavy (non-hydrogen) atoms. The summed E-state index contributed by atoms with van der Waals surface area (Å²) in [5.74, 6) is 1.66. The van der Waals surface area contributed by atoms with Gasteiger partial charge in [-0.3, -0.25) is 0 Å². The Morgan fingerprint density at radius 1 is 1.44 bits per heavy atom. The van der Waals surface area contributed by atoms with Crippen molar-refractivity contribution in [3.05, 3.63) is 34.7 Å². The van der Waals surface area contributed by atoms with E-state index in [1.54, 1.807) is 13.3 Å². The van der Waals surface area contributed by atoms with Crippen molar-refractivity contribution in [2.24, 2.45) is 7.05 Å². The lowest BCUT2D eigenvalue weighted by atomic mass is 10.1. The largest absolute Gasteiger partial charge is 0.496 e. The molecule has 0 aliphatic rings. The van der Waals surface area contributed by atoms with Gasteiger partial charge in [-0.2, -0.15) is 0 Å². The Morgan fingerprint density at radius 3 is 2.89 bits per heavy atom. The van der Waals surface area contributed by atoms with Crippen molar-refractivity contribution in [1.82, 2.24) is 9.55 Å². The fourth-order valence-corrected chi connectivity index (χ4v) is 2.27. The van der Waals surface area contributed by atoms with Gasteiger partial charge in [-0.05, 0) is 18.2 Å². The van der Waals surface area contributed by atoms with Crippen molar-refractivity contribution in [2.75, 3.05) is 13.7 Å². The van der Waals surface area contributed by atoms with Gasteiger partial charge >= 0.3 is 0 Å². The Morgan fingerprint density at radius 2 is 2.22 bits per heavy atom. The molecule has 1 aromatic carbocycles. The molecule has 0 spiro atoms. The minimum absolute atomic E-state index is 0.0971. The van der Waals surface area contributed by atoms with E-state index in [2.05, 4.69) is 20.9 Å². The maximum atomic E-state index is 8.98. The Labute approximate surface area is 114 Å². The smallest absolute Gasteiger partial charge is 0.128 e. The number of hydrogen-bond acceptors (Lipinski definition) is 3. The van der Waals surface area contributed by atoms with Crippen molar-refractivity contribution in [3.63, 3.8) is 0 Å². The zero-order valence-electron chi connectivity index (χ0n) is 10.4. The second-order valence-corrected chi connectivity index (χ2v) is 4.85. The molecule has 0 bridgehead atoms. The highest BCUT2D eigenvalue weighted by Gasteiger charge is 2.12. The molecule has 4 nitrogen and oxygen atoms in total. The van der Waals surface area contributed by atoms with Gasteiger partial charge in [0.25, 0.3) is 0 Å². The SMILES string of the molecule is COc1ccc(Br)cc1-c1cnc(CCO)n1C. The Kier molecular flexibility index (Phi) is 4.04. The quantitative estimate of drug-likeness (QED) is 0.943. The molecule has 2 aromatic rings. The van der Waals surface area contributed by atoms with Gasteiger partial charge in [0, 0.05) is 23.5 Å². The van der Waals surface area contributed by atoms with E-state index in [1.807, 2.05) is 29.8 Å². The summed E-state index contributed by atoms with van der Waals surface area (Å²) in [6.45, 7) is 0.0971. The van der Waals surface area contributed by atoms with Crippen LogP contribution in [0.25, 0.3) is 11.3 Å². The molecule has 0 radical (unpaired) electrons. The van der Waals surface area contributed by atoms with E-state index >= 15 is 0 Å². The number of aromatic nitrogens is 2. The average Bonchev–Trinajstić information content (AvgIpc) is 2.72. The van der Waals surface area contributed by atoms with Crippen LogP contribution < -0.4 is 4.74 Å². The van der Waals surface area contributed by atoms with E-state index in [1.165, 1.54) is 0 Å². The Bertz CT molecular complexity index is 552. The number of aliphatic hydroxyl groups excluding tert-OH is 1. The third-order valence-corrected chi connectivity index (χ3v) is 3.35. The summed E-state index contributed by atoms with van der Waals surface area (Å²) in [5.41, 5.74) is 1.95. The van der Waals surface area contributed by atoms with Crippen LogP contribution in [-0.4, -0.2) is 28.4 Å². The first-order chi connectivity index (χ1) is 8.67. The van der Waals surface area contributed by atoms with Gasteiger partial charge in [-0.15, -0.1) is 0 Å². The summed E-state index contributed by atoms with van der Waals surface area (Å²) in [5, 5.41) is 8.98. The van der Waals surface area contributed by atoms with Gasteiger partial charge in [-0.1, -0.05) is 15.9 Å². The average molecular weight is 311 g/mol. The monoisotopic (exact) mass is 310 g/mol. The topological polar surface area (TPSA) is 47.3 Å². The summed E-state index contributed by atoms with van der Waals surface area (Å²) >= 11 is 3.46. The Balaban J connectivity index is 2.51.